The minimum atomic E-state index is -0.125. The fourth-order valence-corrected chi connectivity index (χ4v) is 0.468. The van der Waals surface area contributed by atoms with Crippen LogP contribution in [0.15, 0.2) is 10.3 Å². The van der Waals surface area contributed by atoms with Gasteiger partial charge in [0.15, 0.2) is 0 Å². The van der Waals surface area contributed by atoms with Gasteiger partial charge in [0, 0.05) is 0 Å². The van der Waals surface area contributed by atoms with Crippen molar-refractivity contribution in [2.75, 3.05) is 6.54 Å². The van der Waals surface area contributed by atoms with Crippen LogP contribution in [0, 0.1) is 0 Å². The van der Waals surface area contributed by atoms with Crippen LogP contribution in [0.1, 0.15) is 0 Å². The van der Waals surface area contributed by atoms with E-state index in [9.17, 15) is 4.79 Å². The van der Waals surface area contributed by atoms with Crippen LogP contribution in [0.3, 0.4) is 0 Å². The van der Waals surface area contributed by atoms with Crippen molar-refractivity contribution >= 4 is 22.1 Å². The first-order chi connectivity index (χ1) is 3.30. The molecule has 0 bridgehead atoms. The summed E-state index contributed by atoms with van der Waals surface area (Å²) < 4.78 is 1.03. The standard InChI is InChI=1S/C2H2BrN3O/c3-6-2(7)1-4-5-6/h1H2. The van der Waals surface area contributed by atoms with Gasteiger partial charge in [-0.2, -0.15) is 5.11 Å². The van der Waals surface area contributed by atoms with E-state index in [4.69, 9.17) is 0 Å². The van der Waals surface area contributed by atoms with Crippen LogP contribution in [0.5, 0.6) is 0 Å². The zero-order valence-electron chi connectivity index (χ0n) is 3.33. The van der Waals surface area contributed by atoms with Gasteiger partial charge in [0.05, 0.1) is 16.1 Å². The van der Waals surface area contributed by atoms with Gasteiger partial charge >= 0.3 is 0 Å². The van der Waals surface area contributed by atoms with Crippen LogP contribution < -0.4 is 0 Å². The molecule has 7 heavy (non-hydrogen) atoms. The van der Waals surface area contributed by atoms with Crippen molar-refractivity contribution < 1.29 is 4.79 Å². The van der Waals surface area contributed by atoms with E-state index >= 15 is 0 Å². The molecule has 0 saturated carbocycles. The molecule has 0 atom stereocenters. The molecule has 5 heteroatoms. The van der Waals surface area contributed by atoms with Gasteiger partial charge in [-0.3, -0.25) is 4.79 Å². The lowest BCUT2D eigenvalue weighted by Crippen LogP contribution is -2.10. The van der Waals surface area contributed by atoms with Crippen molar-refractivity contribution in [1.82, 2.24) is 4.03 Å². The zero-order chi connectivity index (χ0) is 5.28. The number of amides is 1. The molecule has 1 rings (SSSR count). The van der Waals surface area contributed by atoms with E-state index in [2.05, 4.69) is 26.5 Å². The SMILES string of the molecule is O=C1CN=NN1Br. The first-order valence-corrected chi connectivity index (χ1v) is 2.38. The van der Waals surface area contributed by atoms with Gasteiger partial charge in [-0.15, -0.1) is 4.03 Å². The molecule has 0 aliphatic carbocycles. The van der Waals surface area contributed by atoms with Gasteiger partial charge in [-0.1, -0.05) is 5.22 Å². The monoisotopic (exact) mass is 163 g/mol. The number of carbonyl (C=O) groups excluding carboxylic acids is 1. The van der Waals surface area contributed by atoms with Crippen LogP contribution in [0.2, 0.25) is 0 Å². The summed E-state index contributed by atoms with van der Waals surface area (Å²) >= 11 is 2.83. The summed E-state index contributed by atoms with van der Waals surface area (Å²) in [6, 6.07) is 0. The second-order valence-electron chi connectivity index (χ2n) is 1.04. The molecule has 0 radical (unpaired) electrons. The smallest absolute Gasteiger partial charge is 0.270 e. The van der Waals surface area contributed by atoms with Crippen molar-refractivity contribution in [3.8, 4) is 0 Å². The van der Waals surface area contributed by atoms with E-state index < -0.39 is 0 Å². The normalized spacial score (nSPS) is 19.0. The third-order valence-electron chi connectivity index (χ3n) is 0.554. The average Bonchev–Trinajstić information content (AvgIpc) is 1.91. The van der Waals surface area contributed by atoms with Crippen molar-refractivity contribution in [2.24, 2.45) is 10.3 Å². The molecule has 1 aliphatic heterocycles. The highest BCUT2D eigenvalue weighted by atomic mass is 79.9. The van der Waals surface area contributed by atoms with Crippen LogP contribution >= 0.6 is 16.1 Å². The summed E-state index contributed by atoms with van der Waals surface area (Å²) in [5, 5.41) is 6.74. The Kier molecular flexibility index (Phi) is 1.06. The summed E-state index contributed by atoms with van der Waals surface area (Å²) in [5.41, 5.74) is 0. The lowest BCUT2D eigenvalue weighted by atomic mass is 10.7. The molecule has 1 aliphatic rings. The number of rotatable bonds is 0. The minimum Gasteiger partial charge on any atom is -0.270 e. The average molecular weight is 164 g/mol. The summed E-state index contributed by atoms with van der Waals surface area (Å²) in [4.78, 5) is 10.3. The van der Waals surface area contributed by atoms with Gasteiger partial charge in [-0.05, 0) is 0 Å². The Bertz CT molecular complexity index is 122. The molecule has 0 unspecified atom stereocenters. The summed E-state index contributed by atoms with van der Waals surface area (Å²) in [6.45, 7) is 0.172. The molecule has 4 nitrogen and oxygen atoms in total. The van der Waals surface area contributed by atoms with Crippen LogP contribution in [-0.2, 0) is 4.79 Å². The van der Waals surface area contributed by atoms with E-state index in [1.807, 2.05) is 0 Å². The van der Waals surface area contributed by atoms with E-state index in [1.54, 1.807) is 0 Å². The Labute approximate surface area is 48.5 Å². The highest BCUT2D eigenvalue weighted by Crippen LogP contribution is 2.05. The van der Waals surface area contributed by atoms with Crippen molar-refractivity contribution in [2.45, 2.75) is 0 Å². The van der Waals surface area contributed by atoms with Crippen molar-refractivity contribution in [3.63, 3.8) is 0 Å². The molecular formula is C2H2BrN3O. The first kappa shape index (κ1) is 4.70. The Hall–Kier alpha value is -0.450. The molecule has 0 aromatic rings. The molecule has 0 aromatic carbocycles. The van der Waals surface area contributed by atoms with Gasteiger partial charge < -0.3 is 0 Å². The van der Waals surface area contributed by atoms with Crippen LogP contribution in [-0.4, -0.2) is 16.5 Å². The number of hydrogen-bond acceptors (Lipinski definition) is 3. The van der Waals surface area contributed by atoms with Crippen LogP contribution in [0.4, 0.5) is 0 Å². The summed E-state index contributed by atoms with van der Waals surface area (Å²) in [5.74, 6) is -0.125. The van der Waals surface area contributed by atoms with Crippen LogP contribution in [0.25, 0.3) is 0 Å². The molecule has 1 heterocycles. The van der Waals surface area contributed by atoms with E-state index in [0.29, 0.717) is 0 Å². The van der Waals surface area contributed by atoms with Gasteiger partial charge in [0.25, 0.3) is 5.91 Å². The maximum Gasteiger partial charge on any atom is 0.278 e. The fourth-order valence-electron chi connectivity index (χ4n) is 0.256. The molecule has 0 N–H and O–H groups in total. The Morgan fingerprint density at radius 2 is 2.57 bits per heavy atom. The quantitative estimate of drug-likeness (QED) is 0.481. The Morgan fingerprint density at radius 3 is 2.71 bits per heavy atom. The maximum atomic E-state index is 10.3. The number of hydrogen-bond donors (Lipinski definition) is 0. The fraction of sp³-hybridized carbons (Fsp3) is 0.500. The Balaban J connectivity index is 2.62. The minimum absolute atomic E-state index is 0.125. The predicted molar refractivity (Wildman–Crippen MR) is 25.5 cm³/mol. The summed E-state index contributed by atoms with van der Waals surface area (Å²) in [7, 11) is 0. The number of nitrogens with zero attached hydrogens (tertiary/aromatic N) is 3. The lowest BCUT2D eigenvalue weighted by molar-refractivity contribution is -0.122. The second kappa shape index (κ2) is 1.57. The van der Waals surface area contributed by atoms with E-state index in [1.165, 1.54) is 0 Å². The zero-order valence-corrected chi connectivity index (χ0v) is 4.92. The highest BCUT2D eigenvalue weighted by molar-refractivity contribution is 9.07. The number of halogens is 1. The first-order valence-electron chi connectivity index (χ1n) is 1.67. The molecule has 0 spiro atoms. The molecule has 38 valence electrons. The number of carbonyl (C=O) groups is 1. The van der Waals surface area contributed by atoms with Crippen molar-refractivity contribution in [1.29, 1.82) is 0 Å². The molecule has 0 saturated heterocycles. The predicted octanol–water partition coefficient (Wildman–Crippen LogP) is 0.506. The topological polar surface area (TPSA) is 45.0 Å². The van der Waals surface area contributed by atoms with Gasteiger partial charge in [-0.25, -0.2) is 0 Å². The third-order valence-corrected chi connectivity index (χ3v) is 1.09. The maximum absolute atomic E-state index is 10.3. The van der Waals surface area contributed by atoms with Gasteiger partial charge in [0.2, 0.25) is 0 Å². The second-order valence-corrected chi connectivity index (χ2v) is 1.71. The molecular weight excluding hydrogens is 162 g/mol. The molecule has 0 fully saturated rings. The largest absolute Gasteiger partial charge is 0.278 e. The molecule has 0 aromatic heterocycles. The summed E-state index contributed by atoms with van der Waals surface area (Å²) in [6.07, 6.45) is 0. The lowest BCUT2D eigenvalue weighted by Gasteiger charge is -1.91. The van der Waals surface area contributed by atoms with Crippen molar-refractivity contribution in [3.05, 3.63) is 0 Å². The van der Waals surface area contributed by atoms with E-state index in [0.717, 1.165) is 4.03 Å². The van der Waals surface area contributed by atoms with E-state index in [-0.39, 0.29) is 12.5 Å². The highest BCUT2D eigenvalue weighted by Gasteiger charge is 2.13. The third kappa shape index (κ3) is 0.767. The molecule has 1 amide bonds. The Morgan fingerprint density at radius 1 is 1.86 bits per heavy atom. The van der Waals surface area contributed by atoms with Gasteiger partial charge in [0.1, 0.15) is 6.54 Å².